The third-order valence-corrected chi connectivity index (χ3v) is 2.37. The predicted molar refractivity (Wildman–Crippen MR) is 67.4 cm³/mol. The van der Waals surface area contributed by atoms with Gasteiger partial charge in [-0.3, -0.25) is 9.20 Å². The van der Waals surface area contributed by atoms with Crippen LogP contribution in [0.25, 0.3) is 5.52 Å². The van der Waals surface area contributed by atoms with Crippen LogP contribution >= 0.6 is 11.6 Å². The molecule has 0 aliphatic rings. The summed E-state index contributed by atoms with van der Waals surface area (Å²) in [7, 11) is 3.74. The number of carbonyl (C=O) groups excluding carboxylic acids is 1. The first-order valence-corrected chi connectivity index (χ1v) is 5.32. The van der Waals surface area contributed by atoms with E-state index in [1.165, 1.54) is 0 Å². The average molecular weight is 251 g/mol. The van der Waals surface area contributed by atoms with Gasteiger partial charge in [0, 0.05) is 25.2 Å². The van der Waals surface area contributed by atoms with Crippen molar-refractivity contribution in [2.24, 2.45) is 4.99 Å². The highest BCUT2D eigenvalue weighted by Gasteiger charge is 2.07. The summed E-state index contributed by atoms with van der Waals surface area (Å²) in [5, 5.41) is 0.520. The summed E-state index contributed by atoms with van der Waals surface area (Å²) in [5.41, 5.74) is 1.01. The van der Waals surface area contributed by atoms with Gasteiger partial charge in [0.15, 0.2) is 6.29 Å². The largest absolute Gasteiger partial charge is 0.369 e. The number of fused-ring (bicyclic) bond motifs is 1. The minimum Gasteiger partial charge on any atom is -0.369 e. The van der Waals surface area contributed by atoms with Crippen molar-refractivity contribution in [2.45, 2.75) is 0 Å². The van der Waals surface area contributed by atoms with E-state index >= 15 is 0 Å². The van der Waals surface area contributed by atoms with Crippen molar-refractivity contribution < 1.29 is 4.79 Å². The van der Waals surface area contributed by atoms with Crippen LogP contribution in [-0.2, 0) is 0 Å². The van der Waals surface area contributed by atoms with E-state index in [1.54, 1.807) is 29.2 Å². The van der Waals surface area contributed by atoms with Gasteiger partial charge in [0.2, 0.25) is 0 Å². The molecule has 0 spiro atoms. The molecule has 17 heavy (non-hydrogen) atoms. The van der Waals surface area contributed by atoms with Gasteiger partial charge >= 0.3 is 0 Å². The fourth-order valence-corrected chi connectivity index (χ4v) is 1.63. The highest BCUT2D eigenvalue weighted by Crippen LogP contribution is 2.23. The van der Waals surface area contributed by atoms with Crippen molar-refractivity contribution in [3.8, 4) is 0 Å². The topological polar surface area (TPSA) is 50.0 Å². The quantitative estimate of drug-likeness (QED) is 0.476. The van der Waals surface area contributed by atoms with E-state index in [0.29, 0.717) is 28.3 Å². The number of aromatic nitrogens is 2. The second-order valence-corrected chi connectivity index (χ2v) is 4.18. The molecule has 0 saturated heterocycles. The molecule has 0 unspecified atom stereocenters. The van der Waals surface area contributed by atoms with Crippen LogP contribution in [-0.4, -0.2) is 41.0 Å². The Kier molecular flexibility index (Phi) is 3.10. The summed E-state index contributed by atoms with van der Waals surface area (Å²) < 4.78 is 1.72. The molecule has 88 valence electrons. The zero-order chi connectivity index (χ0) is 12.4. The molecule has 0 atom stereocenters. The number of hydrogen-bond donors (Lipinski definition) is 0. The molecule has 0 fully saturated rings. The van der Waals surface area contributed by atoms with Gasteiger partial charge in [-0.1, -0.05) is 11.6 Å². The minimum atomic E-state index is 0.355. The molecule has 2 aromatic rings. The molecule has 0 aliphatic carbocycles. The first-order valence-electron chi connectivity index (χ1n) is 4.94. The zero-order valence-electron chi connectivity index (χ0n) is 9.46. The van der Waals surface area contributed by atoms with E-state index in [9.17, 15) is 4.79 Å². The molecule has 0 saturated carbocycles. The Morgan fingerprint density at radius 3 is 2.88 bits per heavy atom. The van der Waals surface area contributed by atoms with Gasteiger partial charge in [0.25, 0.3) is 0 Å². The third kappa shape index (κ3) is 2.29. The molecule has 2 aromatic heterocycles. The van der Waals surface area contributed by atoms with Crippen molar-refractivity contribution in [2.75, 3.05) is 14.1 Å². The van der Waals surface area contributed by atoms with Gasteiger partial charge in [0.1, 0.15) is 17.8 Å². The van der Waals surface area contributed by atoms with E-state index in [2.05, 4.69) is 9.98 Å². The third-order valence-electron chi connectivity index (χ3n) is 2.16. The van der Waals surface area contributed by atoms with Gasteiger partial charge in [-0.25, -0.2) is 9.98 Å². The average Bonchev–Trinajstić information content (AvgIpc) is 2.68. The van der Waals surface area contributed by atoms with Crippen LogP contribution in [0.2, 0.25) is 5.02 Å². The Bertz CT molecular complexity index is 588. The highest BCUT2D eigenvalue weighted by atomic mass is 35.5. The SMILES string of the molecule is CN(C)/C=N\c1cc(Cl)cc2c(C=O)ncn12. The molecule has 0 bridgehead atoms. The standard InChI is InChI=1S/C11H11ClN4O/c1-15(2)6-14-11-4-8(12)3-10-9(5-17)13-7-16(10)11/h3-7H,1-2H3/b14-6-. The van der Waals surface area contributed by atoms with Crippen LogP contribution in [0.3, 0.4) is 0 Å². The van der Waals surface area contributed by atoms with E-state index in [4.69, 9.17) is 11.6 Å². The number of imidazole rings is 1. The van der Waals surface area contributed by atoms with Crippen LogP contribution in [0.5, 0.6) is 0 Å². The fraction of sp³-hybridized carbons (Fsp3) is 0.182. The highest BCUT2D eigenvalue weighted by molar-refractivity contribution is 6.31. The van der Waals surface area contributed by atoms with Crippen molar-refractivity contribution in [3.63, 3.8) is 0 Å². The zero-order valence-corrected chi connectivity index (χ0v) is 10.2. The molecular weight excluding hydrogens is 240 g/mol. The maximum absolute atomic E-state index is 10.8. The maximum atomic E-state index is 10.8. The lowest BCUT2D eigenvalue weighted by molar-refractivity contribution is 0.112. The number of carbonyl (C=O) groups is 1. The summed E-state index contributed by atoms with van der Waals surface area (Å²) in [6, 6.07) is 3.40. The van der Waals surface area contributed by atoms with Gasteiger partial charge in [0.05, 0.1) is 11.9 Å². The molecule has 0 aromatic carbocycles. The van der Waals surface area contributed by atoms with E-state index in [0.717, 1.165) is 0 Å². The number of aldehydes is 1. The second kappa shape index (κ2) is 4.55. The van der Waals surface area contributed by atoms with Gasteiger partial charge < -0.3 is 4.90 Å². The van der Waals surface area contributed by atoms with Gasteiger partial charge in [-0.05, 0) is 6.07 Å². The normalized spacial score (nSPS) is 11.2. The van der Waals surface area contributed by atoms with Crippen molar-refractivity contribution in [1.29, 1.82) is 0 Å². The van der Waals surface area contributed by atoms with Gasteiger partial charge in [-0.2, -0.15) is 0 Å². The van der Waals surface area contributed by atoms with Crippen LogP contribution in [0.1, 0.15) is 10.5 Å². The summed E-state index contributed by atoms with van der Waals surface area (Å²) in [5.74, 6) is 0.627. The van der Waals surface area contributed by atoms with Crippen LogP contribution in [0.4, 0.5) is 5.82 Å². The molecule has 0 amide bonds. The Morgan fingerprint density at radius 1 is 1.47 bits per heavy atom. The van der Waals surface area contributed by atoms with Crippen LogP contribution in [0, 0.1) is 0 Å². The van der Waals surface area contributed by atoms with Crippen molar-refractivity contribution >= 4 is 35.6 Å². The van der Waals surface area contributed by atoms with Crippen molar-refractivity contribution in [1.82, 2.24) is 14.3 Å². The molecule has 2 rings (SSSR count). The fourth-order valence-electron chi connectivity index (χ4n) is 1.43. The molecule has 5 nitrogen and oxygen atoms in total. The Balaban J connectivity index is 2.62. The van der Waals surface area contributed by atoms with E-state index < -0.39 is 0 Å². The minimum absolute atomic E-state index is 0.355. The molecule has 0 radical (unpaired) electrons. The first kappa shape index (κ1) is 11.6. The molecule has 0 N–H and O–H groups in total. The Morgan fingerprint density at radius 2 is 2.24 bits per heavy atom. The predicted octanol–water partition coefficient (Wildman–Crippen LogP) is 2.02. The van der Waals surface area contributed by atoms with Crippen LogP contribution < -0.4 is 0 Å². The lowest BCUT2D eigenvalue weighted by Gasteiger charge is -2.05. The smallest absolute Gasteiger partial charge is 0.170 e. The summed E-state index contributed by atoms with van der Waals surface area (Å²) in [6.07, 6.45) is 3.91. The number of rotatable bonds is 3. The summed E-state index contributed by atoms with van der Waals surface area (Å²) in [6.45, 7) is 0. The molecule has 0 aliphatic heterocycles. The summed E-state index contributed by atoms with van der Waals surface area (Å²) in [4.78, 5) is 20.9. The Hall–Kier alpha value is -1.88. The monoisotopic (exact) mass is 250 g/mol. The second-order valence-electron chi connectivity index (χ2n) is 3.74. The first-order chi connectivity index (χ1) is 8.11. The number of pyridine rings is 1. The Labute approximate surface area is 103 Å². The number of nitrogens with zero attached hydrogens (tertiary/aromatic N) is 4. The molecule has 2 heterocycles. The summed E-state index contributed by atoms with van der Waals surface area (Å²) >= 11 is 5.98. The van der Waals surface area contributed by atoms with Gasteiger partial charge in [-0.15, -0.1) is 0 Å². The van der Waals surface area contributed by atoms with E-state index in [1.807, 2.05) is 19.0 Å². The van der Waals surface area contributed by atoms with Crippen molar-refractivity contribution in [3.05, 3.63) is 29.2 Å². The molecular formula is C11H11ClN4O. The number of aliphatic imine (C=N–C) groups is 1. The van der Waals surface area contributed by atoms with E-state index in [-0.39, 0.29) is 0 Å². The van der Waals surface area contributed by atoms with Crippen LogP contribution in [0.15, 0.2) is 23.5 Å². The maximum Gasteiger partial charge on any atom is 0.170 e. The number of halogens is 1. The molecule has 6 heteroatoms. The number of hydrogen-bond acceptors (Lipinski definition) is 3. The lowest BCUT2D eigenvalue weighted by Crippen LogP contribution is -2.07. The lowest BCUT2D eigenvalue weighted by atomic mass is 10.3.